The fourth-order valence-electron chi connectivity index (χ4n) is 3.26. The van der Waals surface area contributed by atoms with E-state index in [1.807, 2.05) is 6.07 Å². The van der Waals surface area contributed by atoms with Crippen molar-refractivity contribution >= 4 is 17.5 Å². The fraction of sp³-hybridized carbons (Fsp3) is 0.278. The Morgan fingerprint density at radius 1 is 1.46 bits per heavy atom. The molecule has 0 radical (unpaired) electrons. The molecule has 4 rings (SSSR count). The van der Waals surface area contributed by atoms with Crippen LogP contribution in [0.2, 0.25) is 5.02 Å². The lowest BCUT2D eigenvalue weighted by molar-refractivity contribution is 0.0904. The Balaban J connectivity index is 1.41. The highest BCUT2D eigenvalue weighted by molar-refractivity contribution is 6.30. The van der Waals surface area contributed by atoms with E-state index in [4.69, 9.17) is 16.0 Å². The maximum Gasteiger partial charge on any atom is 0.307 e. The average molecular weight is 398 g/mol. The molecule has 1 aliphatic heterocycles. The second-order valence-corrected chi connectivity index (χ2v) is 6.91. The van der Waals surface area contributed by atoms with Gasteiger partial charge in [-0.25, -0.2) is 4.98 Å². The molecule has 0 aliphatic carbocycles. The monoisotopic (exact) mass is 397 g/mol. The van der Waals surface area contributed by atoms with Crippen molar-refractivity contribution < 1.29 is 9.21 Å². The molecular weight excluding hydrogens is 382 g/mol. The van der Waals surface area contributed by atoms with Crippen LogP contribution < -0.4 is 5.32 Å². The van der Waals surface area contributed by atoms with Crippen LogP contribution in [-0.2, 0) is 6.54 Å². The van der Waals surface area contributed by atoms with Crippen LogP contribution in [0, 0.1) is 11.5 Å². The van der Waals surface area contributed by atoms with Crippen LogP contribution in [0.4, 0.5) is 0 Å². The molecule has 1 N–H and O–H groups in total. The van der Waals surface area contributed by atoms with Gasteiger partial charge in [-0.15, -0.1) is 5.10 Å². The van der Waals surface area contributed by atoms with Gasteiger partial charge in [-0.05, 0) is 18.6 Å². The first-order chi connectivity index (χ1) is 13.6. The molecule has 1 fully saturated rings. The van der Waals surface area contributed by atoms with Gasteiger partial charge in [0, 0.05) is 29.4 Å². The number of nitrogens with one attached hydrogen (secondary N) is 1. The van der Waals surface area contributed by atoms with Crippen LogP contribution in [0.3, 0.4) is 0 Å². The van der Waals surface area contributed by atoms with E-state index in [0.717, 1.165) is 5.56 Å². The number of carbonyl (C=O) groups excluding carboxylic acids is 1. The lowest BCUT2D eigenvalue weighted by Gasteiger charge is -2.16. The third kappa shape index (κ3) is 3.82. The Morgan fingerprint density at radius 2 is 2.36 bits per heavy atom. The van der Waals surface area contributed by atoms with E-state index in [2.05, 4.69) is 26.8 Å². The first-order valence-electron chi connectivity index (χ1n) is 8.65. The molecule has 2 aromatic heterocycles. The number of carbonyl (C=O) groups is 1. The minimum atomic E-state index is -0.419. The maximum absolute atomic E-state index is 12.5. The quantitative estimate of drug-likeness (QED) is 0.654. The molecule has 9 nitrogen and oxygen atoms in total. The predicted molar refractivity (Wildman–Crippen MR) is 98.9 cm³/mol. The molecule has 142 valence electrons. The highest BCUT2D eigenvalue weighted by Gasteiger charge is 2.33. The van der Waals surface area contributed by atoms with Crippen molar-refractivity contribution in [1.29, 1.82) is 5.26 Å². The number of hydrogen-bond donors (Lipinski definition) is 1. The van der Waals surface area contributed by atoms with Crippen LogP contribution >= 0.6 is 11.6 Å². The number of hydrogen-bond acceptors (Lipinski definition) is 7. The SMILES string of the molecule is N#CN1C[C@H](NC(=O)c2ncc(-c3cccc(Cl)c3)o2)C[C@H]1Cn1ccnn1. The number of amides is 1. The topological polar surface area (TPSA) is 113 Å². The van der Waals surface area contributed by atoms with Crippen LogP contribution in [0.25, 0.3) is 11.3 Å². The van der Waals surface area contributed by atoms with Gasteiger partial charge in [-0.3, -0.25) is 9.48 Å². The Labute approximate surface area is 165 Å². The van der Waals surface area contributed by atoms with Gasteiger partial charge in [-0.1, -0.05) is 28.9 Å². The van der Waals surface area contributed by atoms with Crippen LogP contribution in [0.15, 0.2) is 47.3 Å². The number of rotatable bonds is 5. The van der Waals surface area contributed by atoms with Crippen LogP contribution in [0.1, 0.15) is 17.1 Å². The van der Waals surface area contributed by atoms with Gasteiger partial charge < -0.3 is 14.6 Å². The molecule has 2 atom stereocenters. The molecule has 0 unspecified atom stereocenters. The van der Waals surface area contributed by atoms with Gasteiger partial charge in [0.05, 0.1) is 25.0 Å². The summed E-state index contributed by atoms with van der Waals surface area (Å²) in [4.78, 5) is 18.2. The first-order valence-corrected chi connectivity index (χ1v) is 9.03. The second kappa shape index (κ2) is 7.70. The largest absolute Gasteiger partial charge is 0.432 e. The fourth-order valence-corrected chi connectivity index (χ4v) is 3.45. The van der Waals surface area contributed by atoms with Gasteiger partial charge in [-0.2, -0.15) is 5.26 Å². The number of benzene rings is 1. The second-order valence-electron chi connectivity index (χ2n) is 6.48. The van der Waals surface area contributed by atoms with E-state index in [0.29, 0.717) is 30.3 Å². The molecule has 3 heterocycles. The molecular formula is C18H16ClN7O2. The van der Waals surface area contributed by atoms with Crippen molar-refractivity contribution in [2.24, 2.45) is 0 Å². The molecule has 3 aromatic rings. The molecule has 1 aliphatic rings. The van der Waals surface area contributed by atoms with Gasteiger partial charge in [0.2, 0.25) is 0 Å². The first kappa shape index (κ1) is 18.0. The number of halogens is 1. The Hall–Kier alpha value is -3.38. The van der Waals surface area contributed by atoms with Crippen LogP contribution in [-0.4, -0.2) is 49.4 Å². The normalized spacial score (nSPS) is 18.8. The summed E-state index contributed by atoms with van der Waals surface area (Å²) in [7, 11) is 0. The van der Waals surface area contributed by atoms with Gasteiger partial charge in [0.25, 0.3) is 5.89 Å². The zero-order valence-electron chi connectivity index (χ0n) is 14.7. The predicted octanol–water partition coefficient (Wildman–Crippen LogP) is 1.94. The highest BCUT2D eigenvalue weighted by atomic mass is 35.5. The maximum atomic E-state index is 12.5. The van der Waals surface area contributed by atoms with Gasteiger partial charge >= 0.3 is 5.91 Å². The lowest BCUT2D eigenvalue weighted by Crippen LogP contribution is -2.36. The van der Waals surface area contributed by atoms with Crippen molar-refractivity contribution in [3.63, 3.8) is 0 Å². The molecule has 0 spiro atoms. The van der Waals surface area contributed by atoms with E-state index in [1.165, 1.54) is 6.20 Å². The standard InChI is InChI=1S/C18H16ClN7O2/c19-13-3-1-2-12(6-13)16-8-21-18(28-16)17(27)23-14-7-15(25(9-14)11-20)10-26-5-4-22-24-26/h1-6,8,14-15H,7,9-10H2,(H,23,27)/t14-,15+/m1/s1. The minimum Gasteiger partial charge on any atom is -0.432 e. The molecule has 10 heteroatoms. The van der Waals surface area contributed by atoms with Crippen LogP contribution in [0.5, 0.6) is 0 Å². The third-order valence-corrected chi connectivity index (χ3v) is 4.79. The summed E-state index contributed by atoms with van der Waals surface area (Å²) < 4.78 is 7.25. The van der Waals surface area contributed by atoms with E-state index < -0.39 is 5.91 Å². The number of oxazole rings is 1. The Bertz CT molecular complexity index is 1010. The zero-order chi connectivity index (χ0) is 19.5. The highest BCUT2D eigenvalue weighted by Crippen LogP contribution is 2.24. The number of nitriles is 1. The minimum absolute atomic E-state index is 0.0294. The molecule has 1 aromatic carbocycles. The smallest absolute Gasteiger partial charge is 0.307 e. The van der Waals surface area contributed by atoms with Crippen molar-refractivity contribution in [3.05, 3.63) is 53.8 Å². The Morgan fingerprint density at radius 3 is 3.11 bits per heavy atom. The van der Waals surface area contributed by atoms with E-state index >= 15 is 0 Å². The number of aromatic nitrogens is 4. The summed E-state index contributed by atoms with van der Waals surface area (Å²) in [5, 5.41) is 20.5. The number of nitrogens with zero attached hydrogens (tertiary/aromatic N) is 6. The van der Waals surface area contributed by atoms with Crippen molar-refractivity contribution in [2.45, 2.75) is 25.0 Å². The van der Waals surface area contributed by atoms with Crippen molar-refractivity contribution in [1.82, 2.24) is 30.2 Å². The summed E-state index contributed by atoms with van der Waals surface area (Å²) in [6.45, 7) is 0.946. The zero-order valence-corrected chi connectivity index (χ0v) is 15.5. The van der Waals surface area contributed by atoms with E-state index in [-0.39, 0.29) is 18.0 Å². The molecule has 0 saturated carbocycles. The Kier molecular flexibility index (Phi) is 4.95. The van der Waals surface area contributed by atoms with Crippen molar-refractivity contribution in [3.8, 4) is 17.5 Å². The summed E-state index contributed by atoms with van der Waals surface area (Å²) in [5.41, 5.74) is 0.739. The average Bonchev–Trinajstić information content (AvgIpc) is 3.43. The lowest BCUT2D eigenvalue weighted by atomic mass is 10.1. The summed E-state index contributed by atoms with van der Waals surface area (Å²) in [5.74, 6) is 0.0116. The van der Waals surface area contributed by atoms with Crippen molar-refractivity contribution in [2.75, 3.05) is 6.54 Å². The molecule has 28 heavy (non-hydrogen) atoms. The van der Waals surface area contributed by atoms with E-state index in [1.54, 1.807) is 40.2 Å². The molecule has 0 bridgehead atoms. The summed E-state index contributed by atoms with van der Waals surface area (Å²) >= 11 is 5.99. The summed E-state index contributed by atoms with van der Waals surface area (Å²) in [6, 6.07) is 6.85. The van der Waals surface area contributed by atoms with E-state index in [9.17, 15) is 10.1 Å². The van der Waals surface area contributed by atoms with Gasteiger partial charge in [0.1, 0.15) is 0 Å². The molecule has 1 amide bonds. The number of likely N-dealkylation sites (tertiary alicyclic amines) is 1. The van der Waals surface area contributed by atoms with Gasteiger partial charge in [0.15, 0.2) is 12.0 Å². The molecule has 1 saturated heterocycles. The third-order valence-electron chi connectivity index (χ3n) is 4.56. The summed E-state index contributed by atoms with van der Waals surface area (Å²) in [6.07, 6.45) is 7.60.